The van der Waals surface area contributed by atoms with Gasteiger partial charge in [-0.15, -0.1) is 0 Å². The van der Waals surface area contributed by atoms with Gasteiger partial charge in [0.2, 0.25) is 0 Å². The second kappa shape index (κ2) is 6.85. The first-order valence-electron chi connectivity index (χ1n) is 6.41. The van der Waals surface area contributed by atoms with Crippen molar-refractivity contribution in [1.29, 1.82) is 0 Å². The van der Waals surface area contributed by atoms with Crippen LogP contribution in [-0.4, -0.2) is 23.3 Å². The molecular formula is C15H14ClN3O2. The summed E-state index contributed by atoms with van der Waals surface area (Å²) >= 11 is 5.75. The summed E-state index contributed by atoms with van der Waals surface area (Å²) in [4.78, 5) is 27.6. The van der Waals surface area contributed by atoms with Crippen molar-refractivity contribution in [2.75, 3.05) is 11.9 Å². The summed E-state index contributed by atoms with van der Waals surface area (Å²) in [6.07, 6.45) is 1.46. The molecule has 0 aliphatic carbocycles. The van der Waals surface area contributed by atoms with Gasteiger partial charge >= 0.3 is 0 Å². The third kappa shape index (κ3) is 4.03. The second-order valence-corrected chi connectivity index (χ2v) is 4.65. The molecule has 0 spiro atoms. The highest BCUT2D eigenvalue weighted by atomic mass is 35.5. The van der Waals surface area contributed by atoms with Crippen molar-refractivity contribution in [3.05, 3.63) is 58.9 Å². The lowest BCUT2D eigenvalue weighted by molar-refractivity contribution is 0.0954. The molecule has 0 radical (unpaired) electrons. The van der Waals surface area contributed by atoms with E-state index in [4.69, 9.17) is 11.6 Å². The minimum atomic E-state index is -0.313. The van der Waals surface area contributed by atoms with Crippen LogP contribution in [0.4, 0.5) is 5.69 Å². The Labute approximate surface area is 127 Å². The van der Waals surface area contributed by atoms with E-state index >= 15 is 0 Å². The second-order valence-electron chi connectivity index (χ2n) is 4.26. The highest BCUT2D eigenvalue weighted by molar-refractivity contribution is 6.29. The van der Waals surface area contributed by atoms with Gasteiger partial charge in [0.1, 0.15) is 5.15 Å². The first-order chi connectivity index (χ1) is 10.1. The maximum atomic E-state index is 12.1. The number of pyridine rings is 1. The lowest BCUT2D eigenvalue weighted by Gasteiger charge is -2.07. The van der Waals surface area contributed by atoms with E-state index in [0.717, 1.165) is 0 Å². The summed E-state index contributed by atoms with van der Waals surface area (Å²) in [5.74, 6) is -0.493. The zero-order valence-electron chi connectivity index (χ0n) is 11.4. The van der Waals surface area contributed by atoms with Crippen molar-refractivity contribution in [3.8, 4) is 0 Å². The predicted octanol–water partition coefficient (Wildman–Crippen LogP) is 2.74. The fourth-order valence-electron chi connectivity index (χ4n) is 1.75. The molecule has 0 saturated carbocycles. The molecule has 0 aliphatic rings. The topological polar surface area (TPSA) is 71.1 Å². The van der Waals surface area contributed by atoms with E-state index in [1.165, 1.54) is 12.3 Å². The van der Waals surface area contributed by atoms with Crippen LogP contribution in [0.15, 0.2) is 42.6 Å². The number of amides is 2. The Bertz CT molecular complexity index is 673. The van der Waals surface area contributed by atoms with E-state index in [-0.39, 0.29) is 17.0 Å². The van der Waals surface area contributed by atoms with Gasteiger partial charge < -0.3 is 10.6 Å². The molecule has 1 heterocycles. The van der Waals surface area contributed by atoms with Gasteiger partial charge in [-0.2, -0.15) is 0 Å². The van der Waals surface area contributed by atoms with Gasteiger partial charge in [0.05, 0.1) is 0 Å². The van der Waals surface area contributed by atoms with Gasteiger partial charge in [-0.3, -0.25) is 9.59 Å². The summed E-state index contributed by atoms with van der Waals surface area (Å²) in [5, 5.41) is 5.67. The largest absolute Gasteiger partial charge is 0.352 e. The van der Waals surface area contributed by atoms with Crippen LogP contribution in [0.2, 0.25) is 5.15 Å². The van der Waals surface area contributed by atoms with E-state index in [2.05, 4.69) is 15.6 Å². The number of carbonyl (C=O) groups excluding carboxylic acids is 2. The number of aromatic nitrogens is 1. The monoisotopic (exact) mass is 303 g/mol. The molecule has 2 N–H and O–H groups in total. The number of anilines is 1. The summed E-state index contributed by atoms with van der Waals surface area (Å²) in [6.45, 7) is 2.39. The molecule has 5 nitrogen and oxygen atoms in total. The SMILES string of the molecule is CCNC(=O)c1cccc(NC(=O)c2ccnc(Cl)c2)c1. The van der Waals surface area contributed by atoms with Crippen LogP contribution in [-0.2, 0) is 0 Å². The molecule has 0 aliphatic heterocycles. The Morgan fingerprint density at radius 3 is 2.62 bits per heavy atom. The maximum Gasteiger partial charge on any atom is 0.255 e. The molecule has 0 fully saturated rings. The van der Waals surface area contributed by atoms with Crippen LogP contribution in [0.25, 0.3) is 0 Å². The van der Waals surface area contributed by atoms with Crippen molar-refractivity contribution in [3.63, 3.8) is 0 Å². The third-order valence-corrected chi connectivity index (χ3v) is 2.92. The Morgan fingerprint density at radius 2 is 1.90 bits per heavy atom. The average molecular weight is 304 g/mol. The number of nitrogens with zero attached hydrogens (tertiary/aromatic N) is 1. The molecule has 108 valence electrons. The molecule has 0 bridgehead atoms. The van der Waals surface area contributed by atoms with E-state index in [9.17, 15) is 9.59 Å². The van der Waals surface area contributed by atoms with Crippen molar-refractivity contribution >= 4 is 29.1 Å². The molecule has 1 aromatic carbocycles. The molecule has 0 atom stereocenters. The standard InChI is InChI=1S/C15H14ClN3O2/c1-2-17-14(20)10-4-3-5-12(8-10)19-15(21)11-6-7-18-13(16)9-11/h3-9H,2H2,1H3,(H,17,20)(H,19,21). The van der Waals surface area contributed by atoms with Crippen LogP contribution >= 0.6 is 11.6 Å². The van der Waals surface area contributed by atoms with Gasteiger partial charge in [-0.1, -0.05) is 17.7 Å². The van der Waals surface area contributed by atoms with E-state index in [1.54, 1.807) is 30.3 Å². The number of halogens is 1. The molecule has 0 saturated heterocycles. The Balaban J connectivity index is 2.14. The summed E-state index contributed by atoms with van der Waals surface area (Å²) in [7, 11) is 0. The number of hydrogen-bond acceptors (Lipinski definition) is 3. The first kappa shape index (κ1) is 15.0. The maximum absolute atomic E-state index is 12.1. The molecule has 21 heavy (non-hydrogen) atoms. The normalized spacial score (nSPS) is 10.0. The van der Waals surface area contributed by atoms with Crippen LogP contribution in [0.1, 0.15) is 27.6 Å². The smallest absolute Gasteiger partial charge is 0.255 e. The molecule has 2 rings (SSSR count). The first-order valence-corrected chi connectivity index (χ1v) is 6.79. The molecular weight excluding hydrogens is 290 g/mol. The third-order valence-electron chi connectivity index (χ3n) is 2.71. The molecule has 2 amide bonds. The Kier molecular flexibility index (Phi) is 4.90. The van der Waals surface area contributed by atoms with Gasteiger partial charge in [-0.05, 0) is 37.3 Å². The quantitative estimate of drug-likeness (QED) is 0.853. The zero-order chi connectivity index (χ0) is 15.2. The number of carbonyl (C=O) groups is 2. The van der Waals surface area contributed by atoms with Crippen LogP contribution < -0.4 is 10.6 Å². The van der Waals surface area contributed by atoms with Crippen molar-refractivity contribution in [2.24, 2.45) is 0 Å². The lowest BCUT2D eigenvalue weighted by atomic mass is 10.1. The molecule has 2 aromatic rings. The zero-order valence-corrected chi connectivity index (χ0v) is 12.1. The van der Waals surface area contributed by atoms with Crippen LogP contribution in [0.5, 0.6) is 0 Å². The fraction of sp³-hybridized carbons (Fsp3) is 0.133. The van der Waals surface area contributed by atoms with E-state index in [0.29, 0.717) is 23.4 Å². The molecule has 6 heteroatoms. The van der Waals surface area contributed by atoms with Crippen molar-refractivity contribution < 1.29 is 9.59 Å². The average Bonchev–Trinajstić information content (AvgIpc) is 2.48. The van der Waals surface area contributed by atoms with Crippen molar-refractivity contribution in [1.82, 2.24) is 10.3 Å². The fourth-order valence-corrected chi connectivity index (χ4v) is 1.92. The summed E-state index contributed by atoms with van der Waals surface area (Å²) in [5.41, 5.74) is 1.43. The van der Waals surface area contributed by atoms with Gasteiger partial charge in [-0.25, -0.2) is 4.98 Å². The number of hydrogen-bond donors (Lipinski definition) is 2. The van der Waals surface area contributed by atoms with Crippen LogP contribution in [0.3, 0.4) is 0 Å². The predicted molar refractivity (Wildman–Crippen MR) is 81.6 cm³/mol. The minimum absolute atomic E-state index is 0.180. The van der Waals surface area contributed by atoms with E-state index < -0.39 is 0 Å². The van der Waals surface area contributed by atoms with Gasteiger partial charge in [0.25, 0.3) is 11.8 Å². The highest BCUT2D eigenvalue weighted by Gasteiger charge is 2.09. The van der Waals surface area contributed by atoms with Crippen LogP contribution in [0, 0.1) is 0 Å². The van der Waals surface area contributed by atoms with E-state index in [1.807, 2.05) is 6.92 Å². The molecule has 1 aromatic heterocycles. The Morgan fingerprint density at radius 1 is 1.14 bits per heavy atom. The number of benzene rings is 1. The highest BCUT2D eigenvalue weighted by Crippen LogP contribution is 2.13. The summed E-state index contributed by atoms with van der Waals surface area (Å²) < 4.78 is 0. The summed E-state index contributed by atoms with van der Waals surface area (Å²) in [6, 6.07) is 9.76. The Hall–Kier alpha value is -2.40. The van der Waals surface area contributed by atoms with Gasteiger partial charge in [0.15, 0.2) is 0 Å². The van der Waals surface area contributed by atoms with Crippen molar-refractivity contribution in [2.45, 2.75) is 6.92 Å². The lowest BCUT2D eigenvalue weighted by Crippen LogP contribution is -2.22. The minimum Gasteiger partial charge on any atom is -0.352 e. The molecule has 0 unspecified atom stereocenters. The number of rotatable bonds is 4. The van der Waals surface area contributed by atoms with Gasteiger partial charge in [0, 0.05) is 29.6 Å². The number of nitrogens with one attached hydrogen (secondary N) is 2.